The lowest BCUT2D eigenvalue weighted by Crippen LogP contribution is -2.36. The van der Waals surface area contributed by atoms with Crippen molar-refractivity contribution in [3.05, 3.63) is 23.9 Å². The topological polar surface area (TPSA) is 25.4 Å². The number of nitrogens with zero attached hydrogens (tertiary/aromatic N) is 2. The zero-order valence-electron chi connectivity index (χ0n) is 16.2. The molecule has 0 spiro atoms. The lowest BCUT2D eigenvalue weighted by molar-refractivity contribution is 0.161. The largest absolute Gasteiger partial charge is 0.475 e. The zero-order valence-corrected chi connectivity index (χ0v) is 16.2. The average molecular weight is 333 g/mol. The van der Waals surface area contributed by atoms with Crippen LogP contribution >= 0.6 is 0 Å². The Morgan fingerprint density at radius 1 is 1.12 bits per heavy atom. The molecule has 1 unspecified atom stereocenters. The number of aromatic nitrogens is 1. The second kappa shape index (κ2) is 9.41. The quantitative estimate of drug-likeness (QED) is 0.479. The Bertz CT molecular complexity index is 482. The van der Waals surface area contributed by atoms with Gasteiger partial charge in [0.1, 0.15) is 6.61 Å². The summed E-state index contributed by atoms with van der Waals surface area (Å²) in [6.45, 7) is 5.31. The van der Waals surface area contributed by atoms with Gasteiger partial charge in [0, 0.05) is 11.8 Å². The molecule has 1 aliphatic rings. The van der Waals surface area contributed by atoms with Crippen molar-refractivity contribution in [2.45, 2.75) is 83.1 Å². The first-order chi connectivity index (χ1) is 11.6. The molecular weight excluding hydrogens is 296 g/mol. The van der Waals surface area contributed by atoms with Gasteiger partial charge < -0.3 is 9.64 Å². The minimum Gasteiger partial charge on any atom is -0.475 e. The van der Waals surface area contributed by atoms with E-state index >= 15 is 0 Å². The van der Waals surface area contributed by atoms with Crippen LogP contribution in [0, 0.1) is 0 Å². The third-order valence-electron chi connectivity index (χ3n) is 5.54. The van der Waals surface area contributed by atoms with Gasteiger partial charge in [0.05, 0.1) is 5.54 Å². The van der Waals surface area contributed by atoms with Gasteiger partial charge >= 0.3 is 0 Å². The van der Waals surface area contributed by atoms with E-state index in [9.17, 15) is 0 Å². The predicted octanol–water partition coefficient (Wildman–Crippen LogP) is 5.41. The van der Waals surface area contributed by atoms with Gasteiger partial charge in [0.2, 0.25) is 5.88 Å². The van der Waals surface area contributed by atoms with Crippen molar-refractivity contribution in [2.75, 3.05) is 20.7 Å². The molecule has 0 bridgehead atoms. The molecule has 0 amide bonds. The molecule has 0 aromatic carbocycles. The summed E-state index contributed by atoms with van der Waals surface area (Å²) < 4.78 is 6.23. The van der Waals surface area contributed by atoms with Crippen LogP contribution in [0.15, 0.2) is 18.3 Å². The molecule has 1 heterocycles. The zero-order chi connectivity index (χ0) is 17.4. The standard InChI is InChI=1S/C21H36N2O/c1-5-7-8-9-12-18(11-6-2)19-13-10-16-22-20(19)24-17-21(14-15-21)23(3)4/h10,13,16,18H,5-9,11-12,14-15,17H2,1-4H3. The van der Waals surface area contributed by atoms with E-state index in [-0.39, 0.29) is 5.54 Å². The van der Waals surface area contributed by atoms with Crippen LogP contribution in [0.1, 0.15) is 83.1 Å². The first-order valence-corrected chi connectivity index (χ1v) is 9.88. The van der Waals surface area contributed by atoms with E-state index in [4.69, 9.17) is 4.74 Å². The summed E-state index contributed by atoms with van der Waals surface area (Å²) in [4.78, 5) is 6.89. The van der Waals surface area contributed by atoms with Gasteiger partial charge in [-0.1, -0.05) is 52.0 Å². The molecule has 1 aliphatic carbocycles. The molecule has 1 saturated carbocycles. The van der Waals surface area contributed by atoms with E-state index in [0.29, 0.717) is 5.92 Å². The highest BCUT2D eigenvalue weighted by Gasteiger charge is 2.45. The molecule has 0 radical (unpaired) electrons. The first kappa shape index (κ1) is 19.2. The molecule has 1 fully saturated rings. The predicted molar refractivity (Wildman–Crippen MR) is 102 cm³/mol. The highest BCUT2D eigenvalue weighted by molar-refractivity contribution is 5.29. The Hall–Kier alpha value is -1.09. The summed E-state index contributed by atoms with van der Waals surface area (Å²) in [5, 5.41) is 0. The monoisotopic (exact) mass is 332 g/mol. The molecule has 0 aliphatic heterocycles. The van der Waals surface area contributed by atoms with Crippen LogP contribution in [0.3, 0.4) is 0 Å². The number of hydrogen-bond acceptors (Lipinski definition) is 3. The van der Waals surface area contributed by atoms with Crippen LogP contribution in [-0.4, -0.2) is 36.1 Å². The number of unbranched alkanes of at least 4 members (excludes halogenated alkanes) is 3. The van der Waals surface area contributed by atoms with Crippen molar-refractivity contribution >= 4 is 0 Å². The fourth-order valence-corrected chi connectivity index (χ4v) is 3.52. The van der Waals surface area contributed by atoms with Gasteiger partial charge in [0.15, 0.2) is 0 Å². The minimum atomic E-state index is 0.246. The van der Waals surface area contributed by atoms with Gasteiger partial charge in [-0.3, -0.25) is 0 Å². The Balaban J connectivity index is 2.01. The average Bonchev–Trinajstić information content (AvgIpc) is 3.38. The summed E-state index contributed by atoms with van der Waals surface area (Å²) >= 11 is 0. The summed E-state index contributed by atoms with van der Waals surface area (Å²) in [6, 6.07) is 4.30. The molecule has 24 heavy (non-hydrogen) atoms. The van der Waals surface area contributed by atoms with Crippen LogP contribution < -0.4 is 4.74 Å². The molecule has 136 valence electrons. The van der Waals surface area contributed by atoms with Gasteiger partial charge in [-0.15, -0.1) is 0 Å². The molecule has 1 aromatic heterocycles. The fraction of sp³-hybridized carbons (Fsp3) is 0.762. The molecule has 1 atom stereocenters. The van der Waals surface area contributed by atoms with E-state index in [2.05, 4.69) is 50.0 Å². The van der Waals surface area contributed by atoms with E-state index < -0.39 is 0 Å². The van der Waals surface area contributed by atoms with Gasteiger partial charge in [-0.25, -0.2) is 4.98 Å². The lowest BCUT2D eigenvalue weighted by Gasteiger charge is -2.25. The van der Waals surface area contributed by atoms with Crippen molar-refractivity contribution in [3.8, 4) is 5.88 Å². The molecular formula is C21H36N2O. The second-order valence-corrected chi connectivity index (χ2v) is 7.64. The summed E-state index contributed by atoms with van der Waals surface area (Å²) in [7, 11) is 4.31. The Kier molecular flexibility index (Phi) is 7.54. The number of hydrogen-bond donors (Lipinski definition) is 0. The van der Waals surface area contributed by atoms with Crippen LogP contribution in [-0.2, 0) is 0 Å². The van der Waals surface area contributed by atoms with E-state index in [1.54, 1.807) is 0 Å². The van der Waals surface area contributed by atoms with Gasteiger partial charge in [-0.05, 0) is 51.8 Å². The summed E-state index contributed by atoms with van der Waals surface area (Å²) in [6.07, 6.45) is 13.3. The van der Waals surface area contributed by atoms with Crippen LogP contribution in [0.25, 0.3) is 0 Å². The van der Waals surface area contributed by atoms with Crippen LogP contribution in [0.2, 0.25) is 0 Å². The maximum Gasteiger partial charge on any atom is 0.216 e. The third-order valence-corrected chi connectivity index (χ3v) is 5.54. The number of likely N-dealkylation sites (N-methyl/N-ethyl adjacent to an activating group) is 1. The number of ether oxygens (including phenoxy) is 1. The number of rotatable bonds is 12. The molecule has 3 nitrogen and oxygen atoms in total. The summed E-state index contributed by atoms with van der Waals surface area (Å²) in [5.41, 5.74) is 1.57. The molecule has 0 saturated heterocycles. The molecule has 1 aromatic rings. The number of pyridine rings is 1. The fourth-order valence-electron chi connectivity index (χ4n) is 3.52. The Morgan fingerprint density at radius 3 is 2.54 bits per heavy atom. The van der Waals surface area contributed by atoms with Crippen LogP contribution in [0.5, 0.6) is 5.88 Å². The SMILES string of the molecule is CCCCCCC(CCC)c1cccnc1OCC1(N(C)C)CC1. The molecule has 0 N–H and O–H groups in total. The van der Waals surface area contributed by atoms with Crippen LogP contribution in [0.4, 0.5) is 0 Å². The van der Waals surface area contributed by atoms with E-state index in [1.807, 2.05) is 6.20 Å². The summed E-state index contributed by atoms with van der Waals surface area (Å²) in [5.74, 6) is 1.46. The molecule has 2 rings (SSSR count). The second-order valence-electron chi connectivity index (χ2n) is 7.64. The van der Waals surface area contributed by atoms with Crippen molar-refractivity contribution in [3.63, 3.8) is 0 Å². The highest BCUT2D eigenvalue weighted by atomic mass is 16.5. The highest BCUT2D eigenvalue weighted by Crippen LogP contribution is 2.41. The van der Waals surface area contributed by atoms with E-state index in [1.165, 1.54) is 63.4 Å². The maximum absolute atomic E-state index is 6.23. The van der Waals surface area contributed by atoms with Crippen molar-refractivity contribution in [1.29, 1.82) is 0 Å². The van der Waals surface area contributed by atoms with Crippen molar-refractivity contribution in [2.24, 2.45) is 0 Å². The molecule has 3 heteroatoms. The Morgan fingerprint density at radius 2 is 1.92 bits per heavy atom. The van der Waals surface area contributed by atoms with E-state index in [0.717, 1.165) is 12.5 Å². The van der Waals surface area contributed by atoms with Gasteiger partial charge in [0.25, 0.3) is 0 Å². The van der Waals surface area contributed by atoms with Crippen molar-refractivity contribution in [1.82, 2.24) is 9.88 Å². The third kappa shape index (κ3) is 5.20. The minimum absolute atomic E-state index is 0.246. The maximum atomic E-state index is 6.23. The first-order valence-electron chi connectivity index (χ1n) is 9.88. The Labute approximate surface area is 148 Å². The smallest absolute Gasteiger partial charge is 0.216 e. The lowest BCUT2D eigenvalue weighted by atomic mass is 9.90. The van der Waals surface area contributed by atoms with Crippen molar-refractivity contribution < 1.29 is 4.74 Å². The van der Waals surface area contributed by atoms with Gasteiger partial charge in [-0.2, -0.15) is 0 Å². The normalized spacial score (nSPS) is 17.0.